The largest absolute Gasteiger partial charge is 0.456 e. The van der Waals surface area contributed by atoms with Crippen molar-refractivity contribution in [3.63, 3.8) is 0 Å². The summed E-state index contributed by atoms with van der Waals surface area (Å²) in [4.78, 5) is 20.1. The zero-order chi connectivity index (χ0) is 34.2. The Bertz CT molecular complexity index is 3200. The Kier molecular flexibility index (Phi) is 6.15. The van der Waals surface area contributed by atoms with Crippen LogP contribution >= 0.6 is 0 Å². The summed E-state index contributed by atoms with van der Waals surface area (Å²) >= 11 is 0. The molecule has 0 spiro atoms. The molecule has 4 heterocycles. The molecule has 11 rings (SSSR count). The van der Waals surface area contributed by atoms with Crippen LogP contribution in [0, 0.1) is 0 Å². The number of benzene rings is 7. The summed E-state index contributed by atoms with van der Waals surface area (Å²) < 4.78 is 12.6. The zero-order valence-corrected chi connectivity index (χ0v) is 27.6. The Morgan fingerprint density at radius 3 is 1.94 bits per heavy atom. The molecular formula is C46H26N4O2. The Hall–Kier alpha value is -7.18. The number of hydrogen-bond donors (Lipinski definition) is 0. The third-order valence-electron chi connectivity index (χ3n) is 9.95. The van der Waals surface area contributed by atoms with Gasteiger partial charge in [-0.25, -0.2) is 15.0 Å². The molecule has 6 nitrogen and oxygen atoms in total. The van der Waals surface area contributed by atoms with Gasteiger partial charge < -0.3 is 8.83 Å². The van der Waals surface area contributed by atoms with Crippen molar-refractivity contribution in [2.75, 3.05) is 0 Å². The lowest BCUT2D eigenvalue weighted by atomic mass is 9.96. The van der Waals surface area contributed by atoms with E-state index in [1.807, 2.05) is 72.9 Å². The SMILES string of the molecule is c1ccc(-c2nc(-c3ccc4c(-c5nccc6oc7cc8ccccc8cc7c56)cccc4c3)nc(-c3cccc4oc5ccccc5c34)n2)cc1. The Balaban J connectivity index is 1.10. The second-order valence-corrected chi connectivity index (χ2v) is 13.0. The molecule has 0 aliphatic heterocycles. The number of furan rings is 2. The molecule has 4 aromatic heterocycles. The van der Waals surface area contributed by atoms with Crippen LogP contribution in [-0.4, -0.2) is 19.9 Å². The minimum absolute atomic E-state index is 0.588. The number of hydrogen-bond acceptors (Lipinski definition) is 6. The van der Waals surface area contributed by atoms with E-state index >= 15 is 0 Å². The van der Waals surface area contributed by atoms with Crippen molar-refractivity contribution in [3.8, 4) is 45.4 Å². The van der Waals surface area contributed by atoms with Gasteiger partial charge in [-0.15, -0.1) is 0 Å². The molecule has 0 saturated carbocycles. The summed E-state index contributed by atoms with van der Waals surface area (Å²) in [6.07, 6.45) is 1.83. The molecule has 7 aromatic carbocycles. The van der Waals surface area contributed by atoms with Crippen LogP contribution in [0.1, 0.15) is 0 Å². The minimum Gasteiger partial charge on any atom is -0.456 e. The molecule has 52 heavy (non-hydrogen) atoms. The number of fused-ring (bicyclic) bond motifs is 8. The summed E-state index contributed by atoms with van der Waals surface area (Å²) in [6.45, 7) is 0. The molecule has 0 unspecified atom stereocenters. The van der Waals surface area contributed by atoms with E-state index in [9.17, 15) is 0 Å². The number of pyridine rings is 1. The summed E-state index contributed by atoms with van der Waals surface area (Å²) in [5, 5.41) is 8.52. The van der Waals surface area contributed by atoms with Crippen LogP contribution in [0.2, 0.25) is 0 Å². The average Bonchev–Trinajstić information content (AvgIpc) is 3.77. The van der Waals surface area contributed by atoms with Gasteiger partial charge in [-0.2, -0.15) is 0 Å². The Morgan fingerprint density at radius 1 is 0.365 bits per heavy atom. The highest BCUT2D eigenvalue weighted by Crippen LogP contribution is 2.41. The van der Waals surface area contributed by atoms with Gasteiger partial charge >= 0.3 is 0 Å². The molecule has 0 bridgehead atoms. The zero-order valence-electron chi connectivity index (χ0n) is 27.6. The molecule has 0 amide bonds. The van der Waals surface area contributed by atoms with Gasteiger partial charge in [0, 0.05) is 44.6 Å². The lowest BCUT2D eigenvalue weighted by Crippen LogP contribution is -2.00. The lowest BCUT2D eigenvalue weighted by molar-refractivity contribution is 0.668. The lowest BCUT2D eigenvalue weighted by Gasteiger charge is -2.11. The third-order valence-corrected chi connectivity index (χ3v) is 9.95. The molecule has 0 aliphatic carbocycles. The third kappa shape index (κ3) is 4.44. The maximum Gasteiger partial charge on any atom is 0.164 e. The van der Waals surface area contributed by atoms with Crippen molar-refractivity contribution in [2.45, 2.75) is 0 Å². The van der Waals surface area contributed by atoms with Crippen molar-refractivity contribution < 1.29 is 8.83 Å². The molecule has 0 aliphatic rings. The van der Waals surface area contributed by atoms with E-state index in [1.165, 1.54) is 5.39 Å². The van der Waals surface area contributed by atoms with Crippen LogP contribution in [0.3, 0.4) is 0 Å². The van der Waals surface area contributed by atoms with Crippen molar-refractivity contribution in [1.82, 2.24) is 19.9 Å². The molecule has 0 saturated heterocycles. The van der Waals surface area contributed by atoms with E-state index in [0.717, 1.165) is 88.0 Å². The smallest absolute Gasteiger partial charge is 0.164 e. The minimum atomic E-state index is 0.588. The van der Waals surface area contributed by atoms with Crippen molar-refractivity contribution in [3.05, 3.63) is 158 Å². The fourth-order valence-corrected chi connectivity index (χ4v) is 7.54. The molecule has 0 N–H and O–H groups in total. The van der Waals surface area contributed by atoms with Crippen molar-refractivity contribution in [2.24, 2.45) is 0 Å². The van der Waals surface area contributed by atoms with Crippen LogP contribution in [0.15, 0.2) is 167 Å². The predicted octanol–water partition coefficient (Wildman–Crippen LogP) is 12.0. The predicted molar refractivity (Wildman–Crippen MR) is 209 cm³/mol. The molecule has 6 heteroatoms. The second-order valence-electron chi connectivity index (χ2n) is 13.0. The quantitative estimate of drug-likeness (QED) is 0.186. The van der Waals surface area contributed by atoms with Crippen molar-refractivity contribution >= 4 is 65.4 Å². The average molecular weight is 667 g/mol. The molecule has 0 fully saturated rings. The summed E-state index contributed by atoms with van der Waals surface area (Å²) in [6, 6.07) is 51.5. The Labute approximate surface area is 296 Å². The van der Waals surface area contributed by atoms with Gasteiger partial charge in [-0.1, -0.05) is 115 Å². The first-order chi connectivity index (χ1) is 25.7. The van der Waals surface area contributed by atoms with Crippen LogP contribution in [-0.2, 0) is 0 Å². The van der Waals surface area contributed by atoms with Crippen LogP contribution < -0.4 is 0 Å². The van der Waals surface area contributed by atoms with E-state index in [4.69, 9.17) is 28.8 Å². The highest BCUT2D eigenvalue weighted by atomic mass is 16.3. The van der Waals surface area contributed by atoms with Gasteiger partial charge in [0.25, 0.3) is 0 Å². The van der Waals surface area contributed by atoms with Crippen LogP contribution in [0.5, 0.6) is 0 Å². The van der Waals surface area contributed by atoms with Gasteiger partial charge in [0.2, 0.25) is 0 Å². The van der Waals surface area contributed by atoms with Crippen LogP contribution in [0.25, 0.3) is 111 Å². The van der Waals surface area contributed by atoms with Gasteiger partial charge in [0.1, 0.15) is 22.3 Å². The first-order valence-electron chi connectivity index (χ1n) is 17.2. The number of rotatable bonds is 4. The number of nitrogens with zero attached hydrogens (tertiary/aromatic N) is 4. The Morgan fingerprint density at radius 2 is 1.04 bits per heavy atom. The molecule has 242 valence electrons. The van der Waals surface area contributed by atoms with E-state index in [0.29, 0.717) is 17.5 Å². The van der Waals surface area contributed by atoms with E-state index in [-0.39, 0.29) is 0 Å². The van der Waals surface area contributed by atoms with E-state index in [1.54, 1.807) is 0 Å². The van der Waals surface area contributed by atoms with Gasteiger partial charge in [0.05, 0.1) is 11.1 Å². The highest BCUT2D eigenvalue weighted by molar-refractivity contribution is 6.17. The topological polar surface area (TPSA) is 77.8 Å². The molecular weight excluding hydrogens is 641 g/mol. The normalized spacial score (nSPS) is 11.8. The molecule has 11 aromatic rings. The first kappa shape index (κ1) is 28.6. The monoisotopic (exact) mass is 666 g/mol. The van der Waals surface area contributed by atoms with Gasteiger partial charge in [-0.3, -0.25) is 4.98 Å². The highest BCUT2D eigenvalue weighted by Gasteiger charge is 2.20. The van der Waals surface area contributed by atoms with E-state index < -0.39 is 0 Å². The van der Waals surface area contributed by atoms with Gasteiger partial charge in [0.15, 0.2) is 17.5 Å². The summed E-state index contributed by atoms with van der Waals surface area (Å²) in [5.41, 5.74) is 7.91. The standard InChI is InChI=1S/C46H26N4O2/c1-2-10-27(11-3-1)44-48-45(50-46(49-44)35-17-9-19-38-41(35)34-15-6-7-18-37(34)51-38)31-20-21-32-30(24-31)14-8-16-33(32)43-42-36-25-28-12-4-5-13-29(28)26-40(36)52-39(42)22-23-47-43/h1-26H. The maximum absolute atomic E-state index is 6.38. The fraction of sp³-hybridized carbons (Fsp3) is 0. The second kappa shape index (κ2) is 11.2. The van der Waals surface area contributed by atoms with Crippen LogP contribution in [0.4, 0.5) is 0 Å². The molecule has 0 atom stereocenters. The summed E-state index contributed by atoms with van der Waals surface area (Å²) in [5.74, 6) is 1.79. The molecule has 0 radical (unpaired) electrons. The fourth-order valence-electron chi connectivity index (χ4n) is 7.54. The summed E-state index contributed by atoms with van der Waals surface area (Å²) in [7, 11) is 0. The van der Waals surface area contributed by atoms with Gasteiger partial charge in [-0.05, 0) is 57.9 Å². The van der Waals surface area contributed by atoms with Crippen molar-refractivity contribution in [1.29, 1.82) is 0 Å². The first-order valence-corrected chi connectivity index (χ1v) is 17.2. The number of aromatic nitrogens is 4. The maximum atomic E-state index is 6.38. The number of para-hydroxylation sites is 1. The van der Waals surface area contributed by atoms with E-state index in [2.05, 4.69) is 84.9 Å².